The lowest BCUT2D eigenvalue weighted by Gasteiger charge is -2.21. The van der Waals surface area contributed by atoms with Gasteiger partial charge in [0.25, 0.3) is 22.2 Å². The summed E-state index contributed by atoms with van der Waals surface area (Å²) in [6, 6.07) is 22.8. The summed E-state index contributed by atoms with van der Waals surface area (Å²) in [4.78, 5) is 51.3. The highest BCUT2D eigenvalue weighted by molar-refractivity contribution is 5.98. The van der Waals surface area contributed by atoms with E-state index < -0.39 is 22.2 Å². The molecule has 0 radical (unpaired) electrons. The number of hydrogen-bond acceptors (Lipinski definition) is 6. The molecule has 0 fully saturated rings. The van der Waals surface area contributed by atoms with Crippen LogP contribution in [0.25, 0.3) is 27.2 Å². The second-order valence-corrected chi connectivity index (χ2v) is 11.5. The Hall–Kier alpha value is -5.24. The fourth-order valence-electron chi connectivity index (χ4n) is 4.99. The summed E-state index contributed by atoms with van der Waals surface area (Å²) in [7, 11) is 1.37. The van der Waals surface area contributed by atoms with Crippen LogP contribution in [0.3, 0.4) is 0 Å². The summed E-state index contributed by atoms with van der Waals surface area (Å²) in [5.74, 6) is 2.22. The lowest BCUT2D eigenvalue weighted by atomic mass is 9.87. The van der Waals surface area contributed by atoms with Crippen molar-refractivity contribution < 1.29 is 9.47 Å². The van der Waals surface area contributed by atoms with Crippen molar-refractivity contribution in [2.45, 2.75) is 33.1 Å². The Bertz CT molecular complexity index is 2130. The van der Waals surface area contributed by atoms with E-state index >= 15 is 0 Å². The van der Waals surface area contributed by atoms with Gasteiger partial charge in [-0.15, -0.1) is 0 Å². The molecule has 0 spiro atoms. The molecule has 0 bridgehead atoms. The predicted octanol–water partition coefficient (Wildman–Crippen LogP) is 5.63. The standard InChI is InChI=1S/C34H28N2O6/c1-19-6-11-22(12-7-19)42-29-16-20(34(2,3)4)8-15-28(29)41-23-13-9-21(10-14-23)36-32(39)26-17-24-25(18-27(26)33(36)40)31(38)35(5)30(24)37/h6-18H,1-5H3. The molecule has 6 rings (SSSR count). The maximum atomic E-state index is 13.3. The molecule has 210 valence electrons. The van der Waals surface area contributed by atoms with Crippen LogP contribution in [0.15, 0.2) is 98.0 Å². The second-order valence-electron chi connectivity index (χ2n) is 11.5. The number of nitrogens with zero attached hydrogens (tertiary/aromatic N) is 2. The van der Waals surface area contributed by atoms with Gasteiger partial charge in [0.2, 0.25) is 0 Å². The zero-order valence-corrected chi connectivity index (χ0v) is 23.8. The van der Waals surface area contributed by atoms with E-state index in [0.29, 0.717) is 28.7 Å². The topological polar surface area (TPSA) is 96.6 Å². The number of hydrogen-bond donors (Lipinski definition) is 0. The third-order valence-electron chi connectivity index (χ3n) is 7.48. The molecule has 2 aromatic heterocycles. The Labute approximate surface area is 240 Å². The van der Waals surface area contributed by atoms with Crippen LogP contribution in [0.2, 0.25) is 0 Å². The van der Waals surface area contributed by atoms with Crippen molar-refractivity contribution in [2.24, 2.45) is 7.05 Å². The van der Waals surface area contributed by atoms with Gasteiger partial charge < -0.3 is 9.47 Å². The molecule has 0 unspecified atom stereocenters. The largest absolute Gasteiger partial charge is 0.453 e. The van der Waals surface area contributed by atoms with Gasteiger partial charge in [-0.3, -0.25) is 23.7 Å². The summed E-state index contributed by atoms with van der Waals surface area (Å²) in [6.07, 6.45) is 0. The SMILES string of the molecule is Cc1ccc(Oc2cc(C(C)(C)C)ccc2Oc2ccc(-n3c(=O)c4cc5c(=O)n(C)c(=O)c5cc4c3=O)cc2)cc1. The Morgan fingerprint density at radius 2 is 1.05 bits per heavy atom. The first-order chi connectivity index (χ1) is 19.9. The molecule has 0 N–H and O–H groups in total. The summed E-state index contributed by atoms with van der Waals surface area (Å²) in [6.45, 7) is 8.38. The molecule has 8 heteroatoms. The third kappa shape index (κ3) is 4.51. The minimum Gasteiger partial charge on any atom is -0.453 e. The highest BCUT2D eigenvalue weighted by Gasteiger charge is 2.20. The minimum atomic E-state index is -0.562. The number of fused-ring (bicyclic) bond motifs is 2. The molecule has 6 aromatic rings. The van der Waals surface area contributed by atoms with Gasteiger partial charge >= 0.3 is 0 Å². The van der Waals surface area contributed by atoms with Crippen LogP contribution in [0, 0.1) is 6.92 Å². The van der Waals surface area contributed by atoms with E-state index in [4.69, 9.17) is 9.47 Å². The number of rotatable bonds is 5. The first kappa shape index (κ1) is 27.0. The van der Waals surface area contributed by atoms with Gasteiger partial charge in [0.15, 0.2) is 11.5 Å². The normalized spacial score (nSPS) is 11.8. The van der Waals surface area contributed by atoms with Gasteiger partial charge in [-0.1, -0.05) is 44.5 Å². The van der Waals surface area contributed by atoms with Crippen molar-refractivity contribution in [3.63, 3.8) is 0 Å². The van der Waals surface area contributed by atoms with Crippen molar-refractivity contribution in [3.8, 4) is 28.7 Å². The van der Waals surface area contributed by atoms with E-state index in [0.717, 1.165) is 20.3 Å². The Morgan fingerprint density at radius 3 is 1.57 bits per heavy atom. The van der Waals surface area contributed by atoms with E-state index in [-0.39, 0.29) is 27.0 Å². The highest BCUT2D eigenvalue weighted by Crippen LogP contribution is 2.38. The predicted molar refractivity (Wildman–Crippen MR) is 164 cm³/mol. The van der Waals surface area contributed by atoms with Gasteiger partial charge in [0, 0.05) is 7.05 Å². The first-order valence-electron chi connectivity index (χ1n) is 13.5. The summed E-state index contributed by atoms with van der Waals surface area (Å²) in [5, 5.41) is 0.419. The zero-order valence-electron chi connectivity index (χ0n) is 23.8. The third-order valence-corrected chi connectivity index (χ3v) is 7.48. The van der Waals surface area contributed by atoms with Crippen molar-refractivity contribution >= 4 is 21.5 Å². The Balaban J connectivity index is 1.36. The summed E-state index contributed by atoms with van der Waals surface area (Å²) < 4.78 is 14.4. The van der Waals surface area contributed by atoms with Crippen LogP contribution in [-0.4, -0.2) is 9.13 Å². The molecule has 0 atom stereocenters. The molecular weight excluding hydrogens is 532 g/mol. The number of aryl methyl sites for hydroxylation is 1. The Morgan fingerprint density at radius 1 is 0.571 bits per heavy atom. The van der Waals surface area contributed by atoms with E-state index in [1.807, 2.05) is 49.4 Å². The smallest absolute Gasteiger partial charge is 0.266 e. The molecule has 0 saturated heterocycles. The monoisotopic (exact) mass is 560 g/mol. The minimum absolute atomic E-state index is 0.0901. The van der Waals surface area contributed by atoms with Gasteiger partial charge in [-0.25, -0.2) is 4.57 Å². The van der Waals surface area contributed by atoms with Crippen LogP contribution >= 0.6 is 0 Å². The fraction of sp³-hybridized carbons (Fsp3) is 0.176. The van der Waals surface area contributed by atoms with Crippen molar-refractivity contribution in [2.75, 3.05) is 0 Å². The van der Waals surface area contributed by atoms with Crippen LogP contribution in [0.5, 0.6) is 23.0 Å². The van der Waals surface area contributed by atoms with E-state index in [1.165, 1.54) is 19.2 Å². The molecule has 2 heterocycles. The quantitative estimate of drug-likeness (QED) is 0.271. The number of aromatic nitrogens is 2. The molecule has 0 aliphatic heterocycles. The van der Waals surface area contributed by atoms with Crippen LogP contribution in [0.4, 0.5) is 0 Å². The van der Waals surface area contributed by atoms with Crippen LogP contribution < -0.4 is 31.7 Å². The fourth-order valence-corrected chi connectivity index (χ4v) is 4.99. The van der Waals surface area contributed by atoms with E-state index in [9.17, 15) is 19.2 Å². The summed E-state index contributed by atoms with van der Waals surface area (Å²) >= 11 is 0. The van der Waals surface area contributed by atoms with Crippen molar-refractivity contribution in [1.82, 2.24) is 9.13 Å². The average Bonchev–Trinajstić information content (AvgIpc) is 3.33. The van der Waals surface area contributed by atoms with Crippen molar-refractivity contribution in [1.29, 1.82) is 0 Å². The van der Waals surface area contributed by atoms with Gasteiger partial charge in [0.1, 0.15) is 11.5 Å². The molecule has 8 nitrogen and oxygen atoms in total. The zero-order chi connectivity index (χ0) is 29.9. The molecule has 0 saturated carbocycles. The van der Waals surface area contributed by atoms with E-state index in [1.54, 1.807) is 24.3 Å². The maximum absolute atomic E-state index is 13.3. The molecule has 0 amide bonds. The molecular formula is C34H28N2O6. The lowest BCUT2D eigenvalue weighted by molar-refractivity contribution is 0.416. The van der Waals surface area contributed by atoms with Gasteiger partial charge in [-0.2, -0.15) is 0 Å². The Kier molecular flexibility index (Phi) is 6.22. The maximum Gasteiger partial charge on any atom is 0.266 e. The first-order valence-corrected chi connectivity index (χ1v) is 13.5. The molecule has 0 aliphatic rings. The molecule has 0 aliphatic carbocycles. The lowest BCUT2D eigenvalue weighted by Crippen LogP contribution is -2.23. The molecule has 42 heavy (non-hydrogen) atoms. The molecule has 4 aromatic carbocycles. The average molecular weight is 561 g/mol. The van der Waals surface area contributed by atoms with Crippen LogP contribution in [0.1, 0.15) is 31.9 Å². The van der Waals surface area contributed by atoms with Crippen LogP contribution in [-0.2, 0) is 12.5 Å². The van der Waals surface area contributed by atoms with Crippen molar-refractivity contribution in [3.05, 3.63) is 131 Å². The van der Waals surface area contributed by atoms with Gasteiger partial charge in [0.05, 0.1) is 27.2 Å². The number of benzene rings is 4. The van der Waals surface area contributed by atoms with Gasteiger partial charge in [-0.05, 0) is 78.6 Å². The van der Waals surface area contributed by atoms with E-state index in [2.05, 4.69) is 20.8 Å². The summed E-state index contributed by atoms with van der Waals surface area (Å²) in [5.41, 5.74) is 0.314. The number of ether oxygens (including phenoxy) is 2. The highest BCUT2D eigenvalue weighted by atomic mass is 16.5. The second kappa shape index (κ2) is 9.69.